The van der Waals surface area contributed by atoms with E-state index in [2.05, 4.69) is 114 Å². The SMILES string of the molecule is O=C(c1cccc(F)c1)N1CCC2(Cc3cccc4ccccc34)c3ccccc3N(Cc3cccc4ccccc34)C12. The Bertz CT molecular complexity index is 2010. The molecule has 0 spiro atoms. The molecular formula is C39H31FN2O. The summed E-state index contributed by atoms with van der Waals surface area (Å²) in [6, 6.07) is 44.8. The number of para-hydroxylation sites is 1. The zero-order valence-corrected chi connectivity index (χ0v) is 23.8. The number of anilines is 1. The zero-order valence-electron chi connectivity index (χ0n) is 23.8. The summed E-state index contributed by atoms with van der Waals surface area (Å²) in [6.45, 7) is 1.26. The molecule has 2 aliphatic heterocycles. The lowest BCUT2D eigenvalue weighted by Crippen LogP contribution is -2.52. The number of hydrogen-bond acceptors (Lipinski definition) is 2. The minimum absolute atomic E-state index is 0.125. The fraction of sp³-hybridized carbons (Fsp3) is 0.154. The molecule has 43 heavy (non-hydrogen) atoms. The molecule has 0 aromatic heterocycles. The third kappa shape index (κ3) is 4.12. The molecule has 1 amide bonds. The molecule has 8 rings (SSSR count). The van der Waals surface area contributed by atoms with E-state index in [4.69, 9.17) is 0 Å². The van der Waals surface area contributed by atoms with E-state index in [1.165, 1.54) is 50.4 Å². The van der Waals surface area contributed by atoms with E-state index in [1.54, 1.807) is 12.1 Å². The molecule has 2 atom stereocenters. The third-order valence-corrected chi connectivity index (χ3v) is 9.57. The van der Waals surface area contributed by atoms with E-state index in [0.29, 0.717) is 18.7 Å². The van der Waals surface area contributed by atoms with Crippen molar-refractivity contribution in [2.75, 3.05) is 11.4 Å². The van der Waals surface area contributed by atoms with Gasteiger partial charge < -0.3 is 9.80 Å². The van der Waals surface area contributed by atoms with Gasteiger partial charge in [0.2, 0.25) is 0 Å². The van der Waals surface area contributed by atoms with Crippen molar-refractivity contribution in [2.45, 2.75) is 31.0 Å². The molecule has 0 N–H and O–H groups in total. The largest absolute Gasteiger partial charge is 0.346 e. The first-order chi connectivity index (χ1) is 21.1. The first-order valence-corrected chi connectivity index (χ1v) is 15.0. The Labute approximate surface area is 250 Å². The van der Waals surface area contributed by atoms with Crippen molar-refractivity contribution in [3.63, 3.8) is 0 Å². The molecule has 4 heteroatoms. The number of halogens is 1. The summed E-state index contributed by atoms with van der Waals surface area (Å²) in [5, 5.41) is 4.89. The molecule has 6 aromatic carbocycles. The van der Waals surface area contributed by atoms with Gasteiger partial charge in [0.25, 0.3) is 5.91 Å². The minimum Gasteiger partial charge on any atom is -0.346 e. The normalized spacial score (nSPS) is 19.1. The first kappa shape index (κ1) is 25.7. The predicted molar refractivity (Wildman–Crippen MR) is 172 cm³/mol. The lowest BCUT2D eigenvalue weighted by Gasteiger charge is -2.39. The summed E-state index contributed by atoms with van der Waals surface area (Å²) in [4.78, 5) is 18.7. The standard InChI is InChI=1S/C39H31FN2O/c40-32-17-9-14-29(24-32)37(43)41-23-22-39(25-30-15-7-12-27-10-1-3-18-33(27)30)35-20-5-6-21-36(35)42(38(39)41)26-31-16-8-13-28-11-2-4-19-34(28)31/h1-21,24,38H,22-23,25-26H2. The van der Waals surface area contributed by atoms with Crippen LogP contribution in [0.4, 0.5) is 10.1 Å². The number of likely N-dealkylation sites (tertiary alicyclic amines) is 1. The van der Waals surface area contributed by atoms with E-state index in [0.717, 1.165) is 18.5 Å². The van der Waals surface area contributed by atoms with Crippen molar-refractivity contribution < 1.29 is 9.18 Å². The second-order valence-electron chi connectivity index (χ2n) is 11.9. The van der Waals surface area contributed by atoms with Crippen LogP contribution < -0.4 is 4.90 Å². The van der Waals surface area contributed by atoms with E-state index < -0.39 is 5.82 Å². The molecule has 0 aliphatic carbocycles. The fourth-order valence-electron chi connectivity index (χ4n) is 7.73. The molecule has 1 fully saturated rings. The van der Waals surface area contributed by atoms with Crippen LogP contribution in [-0.2, 0) is 18.4 Å². The number of rotatable bonds is 5. The highest BCUT2D eigenvalue weighted by atomic mass is 19.1. The number of fused-ring (bicyclic) bond motifs is 5. The number of benzene rings is 6. The van der Waals surface area contributed by atoms with Gasteiger partial charge in [-0.3, -0.25) is 4.79 Å². The topological polar surface area (TPSA) is 23.6 Å². The second kappa shape index (κ2) is 10.1. The second-order valence-corrected chi connectivity index (χ2v) is 11.9. The van der Waals surface area contributed by atoms with Crippen molar-refractivity contribution in [1.82, 2.24) is 4.90 Å². The van der Waals surface area contributed by atoms with Crippen molar-refractivity contribution in [3.05, 3.63) is 162 Å². The Morgan fingerprint density at radius 1 is 0.721 bits per heavy atom. The summed E-state index contributed by atoms with van der Waals surface area (Å²) < 4.78 is 14.3. The average molecular weight is 563 g/mol. The van der Waals surface area contributed by atoms with Crippen LogP contribution in [0.3, 0.4) is 0 Å². The van der Waals surface area contributed by atoms with Gasteiger partial charge in [-0.1, -0.05) is 109 Å². The maximum atomic E-state index is 14.3. The van der Waals surface area contributed by atoms with Crippen molar-refractivity contribution in [3.8, 4) is 0 Å². The molecule has 2 unspecified atom stereocenters. The Kier molecular flexibility index (Phi) is 6.04. The van der Waals surface area contributed by atoms with E-state index in [1.807, 2.05) is 4.90 Å². The molecule has 210 valence electrons. The maximum Gasteiger partial charge on any atom is 0.255 e. The maximum absolute atomic E-state index is 14.3. The predicted octanol–water partition coefficient (Wildman–Crippen LogP) is 8.51. The van der Waals surface area contributed by atoms with E-state index in [-0.39, 0.29) is 17.5 Å². The van der Waals surface area contributed by atoms with Gasteiger partial charge in [0, 0.05) is 29.8 Å². The summed E-state index contributed by atoms with van der Waals surface area (Å²) in [7, 11) is 0. The summed E-state index contributed by atoms with van der Waals surface area (Å²) in [5.41, 5.74) is 5.01. The molecule has 2 aliphatic rings. The number of nitrogens with zero attached hydrogens (tertiary/aromatic N) is 2. The summed E-state index contributed by atoms with van der Waals surface area (Å²) in [5.74, 6) is -0.519. The highest BCUT2D eigenvalue weighted by molar-refractivity contribution is 5.96. The van der Waals surface area contributed by atoms with Gasteiger partial charge in [-0.05, 0) is 75.3 Å². The smallest absolute Gasteiger partial charge is 0.255 e. The molecule has 0 saturated carbocycles. The number of hydrogen-bond donors (Lipinski definition) is 0. The van der Waals surface area contributed by atoms with Crippen LogP contribution in [0.25, 0.3) is 21.5 Å². The van der Waals surface area contributed by atoms with Gasteiger partial charge >= 0.3 is 0 Å². The summed E-state index contributed by atoms with van der Waals surface area (Å²) in [6.07, 6.45) is 1.40. The monoisotopic (exact) mass is 562 g/mol. The fourth-order valence-corrected chi connectivity index (χ4v) is 7.73. The van der Waals surface area contributed by atoms with Crippen LogP contribution >= 0.6 is 0 Å². The van der Waals surface area contributed by atoms with Crippen LogP contribution in [0.5, 0.6) is 0 Å². The Hall–Kier alpha value is -4.96. The van der Waals surface area contributed by atoms with Crippen molar-refractivity contribution >= 4 is 33.1 Å². The van der Waals surface area contributed by atoms with Crippen LogP contribution in [0.15, 0.2) is 133 Å². The van der Waals surface area contributed by atoms with Crippen LogP contribution in [0, 0.1) is 5.82 Å². The molecule has 1 saturated heterocycles. The van der Waals surface area contributed by atoms with Gasteiger partial charge in [-0.2, -0.15) is 0 Å². The molecular weight excluding hydrogens is 531 g/mol. The zero-order chi connectivity index (χ0) is 29.0. The van der Waals surface area contributed by atoms with Gasteiger partial charge in [0.05, 0.1) is 0 Å². The highest BCUT2D eigenvalue weighted by Gasteiger charge is 2.58. The van der Waals surface area contributed by atoms with Gasteiger partial charge in [-0.25, -0.2) is 4.39 Å². The van der Waals surface area contributed by atoms with Gasteiger partial charge in [0.1, 0.15) is 12.0 Å². The van der Waals surface area contributed by atoms with Crippen molar-refractivity contribution in [1.29, 1.82) is 0 Å². The van der Waals surface area contributed by atoms with E-state index >= 15 is 0 Å². The van der Waals surface area contributed by atoms with E-state index in [9.17, 15) is 9.18 Å². The first-order valence-electron chi connectivity index (χ1n) is 15.0. The molecule has 2 heterocycles. The number of carbonyl (C=O) groups excluding carboxylic acids is 1. The lowest BCUT2D eigenvalue weighted by molar-refractivity contribution is 0.0708. The van der Waals surface area contributed by atoms with Crippen LogP contribution in [-0.4, -0.2) is 23.5 Å². The van der Waals surface area contributed by atoms with Gasteiger partial charge in [-0.15, -0.1) is 0 Å². The summed E-state index contributed by atoms with van der Waals surface area (Å²) >= 11 is 0. The van der Waals surface area contributed by atoms with Gasteiger partial charge in [0.15, 0.2) is 0 Å². The highest BCUT2D eigenvalue weighted by Crippen LogP contribution is 2.55. The molecule has 0 bridgehead atoms. The minimum atomic E-state index is -0.394. The van der Waals surface area contributed by atoms with Crippen LogP contribution in [0.1, 0.15) is 33.5 Å². The molecule has 3 nitrogen and oxygen atoms in total. The Morgan fingerprint density at radius 2 is 1.35 bits per heavy atom. The molecule has 0 radical (unpaired) electrons. The quantitative estimate of drug-likeness (QED) is 0.210. The lowest BCUT2D eigenvalue weighted by atomic mass is 9.73. The number of carbonyl (C=O) groups is 1. The van der Waals surface area contributed by atoms with Crippen molar-refractivity contribution in [2.24, 2.45) is 0 Å². The third-order valence-electron chi connectivity index (χ3n) is 9.57. The molecule has 6 aromatic rings. The Balaban J connectivity index is 1.30. The van der Waals surface area contributed by atoms with Crippen LogP contribution in [0.2, 0.25) is 0 Å². The number of amides is 1. The Morgan fingerprint density at radius 3 is 2.12 bits per heavy atom. The average Bonchev–Trinajstić information content (AvgIpc) is 3.54.